The first-order valence-corrected chi connectivity index (χ1v) is 12.7. The van der Waals surface area contributed by atoms with Crippen molar-refractivity contribution in [3.05, 3.63) is 101 Å². The van der Waals surface area contributed by atoms with Crippen molar-refractivity contribution in [3.63, 3.8) is 0 Å². The maximum absolute atomic E-state index is 13.1. The van der Waals surface area contributed by atoms with Gasteiger partial charge in [0.2, 0.25) is 6.23 Å². The molecule has 2 atom stereocenters. The molecule has 1 heterocycles. The number of oxime groups is 2. The SMILES string of the molecule is C/C(=N\OCc1ccc(F)cc1)C(Cc1ccc(OC(c2ccc(C(C)C)cc2)N2C=NOC2)cc1)C(=O)O. The molecule has 1 aliphatic heterocycles. The molecule has 3 aromatic rings. The van der Waals surface area contributed by atoms with Crippen molar-refractivity contribution in [2.75, 3.05) is 6.73 Å². The number of aliphatic carboxylic acids is 1. The van der Waals surface area contributed by atoms with E-state index in [2.05, 4.69) is 36.3 Å². The minimum atomic E-state index is -1.000. The Balaban J connectivity index is 1.41. The third-order valence-electron chi connectivity index (χ3n) is 6.43. The van der Waals surface area contributed by atoms with Crippen LogP contribution in [0.4, 0.5) is 4.39 Å². The lowest BCUT2D eigenvalue weighted by Gasteiger charge is -2.26. The third kappa shape index (κ3) is 7.56. The standard InChI is InChI=1S/C30H32FN3O5/c1-20(2)24-8-10-25(11-9-24)29(34-18-32-38-19-34)39-27-14-6-22(7-15-27)16-28(30(35)36)21(3)33-37-17-23-4-12-26(31)13-5-23/h4-15,18,20,28-29H,16-17,19H2,1-3H3,(H,35,36)/b33-21+. The molecule has 0 bridgehead atoms. The third-order valence-corrected chi connectivity index (χ3v) is 6.43. The molecule has 204 valence electrons. The van der Waals surface area contributed by atoms with Crippen LogP contribution in [0.3, 0.4) is 0 Å². The molecule has 0 aromatic heterocycles. The van der Waals surface area contributed by atoms with Gasteiger partial charge in [0, 0.05) is 5.56 Å². The second-order valence-corrected chi connectivity index (χ2v) is 9.66. The van der Waals surface area contributed by atoms with E-state index in [1.54, 1.807) is 25.4 Å². The molecule has 0 fully saturated rings. The Kier molecular flexibility index (Phi) is 9.14. The van der Waals surface area contributed by atoms with E-state index in [0.29, 0.717) is 17.4 Å². The van der Waals surface area contributed by atoms with E-state index in [0.717, 1.165) is 16.7 Å². The maximum Gasteiger partial charge on any atom is 0.312 e. The van der Waals surface area contributed by atoms with E-state index in [1.807, 2.05) is 41.3 Å². The molecule has 0 aliphatic carbocycles. The molecule has 1 N–H and O–H groups in total. The molecular weight excluding hydrogens is 501 g/mol. The molecule has 0 saturated heterocycles. The fourth-order valence-corrected chi connectivity index (χ4v) is 4.06. The lowest BCUT2D eigenvalue weighted by Crippen LogP contribution is -2.29. The largest absolute Gasteiger partial charge is 0.481 e. The first-order valence-electron chi connectivity index (χ1n) is 12.7. The zero-order valence-electron chi connectivity index (χ0n) is 22.2. The summed E-state index contributed by atoms with van der Waals surface area (Å²) in [4.78, 5) is 24.3. The molecule has 9 heteroatoms. The fourth-order valence-electron chi connectivity index (χ4n) is 4.06. The second-order valence-electron chi connectivity index (χ2n) is 9.66. The molecule has 0 saturated carbocycles. The Hall–Kier alpha value is -4.40. The predicted octanol–water partition coefficient (Wildman–Crippen LogP) is 6.10. The Morgan fingerprint density at radius 3 is 2.26 bits per heavy atom. The summed E-state index contributed by atoms with van der Waals surface area (Å²) in [6.45, 7) is 6.31. The van der Waals surface area contributed by atoms with Gasteiger partial charge in [-0.15, -0.1) is 0 Å². The highest BCUT2D eigenvalue weighted by Gasteiger charge is 2.25. The number of hydrogen-bond donors (Lipinski definition) is 1. The molecular formula is C30H32FN3O5. The van der Waals surface area contributed by atoms with Gasteiger partial charge >= 0.3 is 5.97 Å². The number of carboxylic acids is 1. The molecule has 0 radical (unpaired) electrons. The van der Waals surface area contributed by atoms with E-state index < -0.39 is 18.1 Å². The Morgan fingerprint density at radius 2 is 1.67 bits per heavy atom. The van der Waals surface area contributed by atoms with Crippen molar-refractivity contribution in [1.82, 2.24) is 4.90 Å². The predicted molar refractivity (Wildman–Crippen MR) is 146 cm³/mol. The van der Waals surface area contributed by atoms with Crippen LogP contribution in [0.15, 0.2) is 83.1 Å². The topological polar surface area (TPSA) is 93.0 Å². The highest BCUT2D eigenvalue weighted by Crippen LogP contribution is 2.28. The van der Waals surface area contributed by atoms with Crippen LogP contribution in [0.1, 0.15) is 55.2 Å². The summed E-state index contributed by atoms with van der Waals surface area (Å²) in [6, 6.07) is 21.4. The van der Waals surface area contributed by atoms with Gasteiger partial charge in [0.15, 0.2) is 6.73 Å². The van der Waals surface area contributed by atoms with Gasteiger partial charge in [-0.25, -0.2) is 4.39 Å². The van der Waals surface area contributed by atoms with Gasteiger partial charge < -0.3 is 19.5 Å². The van der Waals surface area contributed by atoms with Gasteiger partial charge in [0.1, 0.15) is 30.4 Å². The summed E-state index contributed by atoms with van der Waals surface area (Å²) in [6.07, 6.45) is 1.40. The molecule has 0 spiro atoms. The Morgan fingerprint density at radius 1 is 1.03 bits per heavy atom. The van der Waals surface area contributed by atoms with Crippen molar-refractivity contribution in [3.8, 4) is 5.75 Å². The number of ether oxygens (including phenoxy) is 1. The van der Waals surface area contributed by atoms with Crippen LogP contribution in [-0.2, 0) is 27.5 Å². The second kappa shape index (κ2) is 12.9. The number of hydrogen-bond acceptors (Lipinski definition) is 7. The first-order chi connectivity index (χ1) is 18.8. The summed E-state index contributed by atoms with van der Waals surface area (Å²) < 4.78 is 19.4. The van der Waals surface area contributed by atoms with Crippen LogP contribution >= 0.6 is 0 Å². The lowest BCUT2D eigenvalue weighted by molar-refractivity contribution is -0.139. The average molecular weight is 534 g/mol. The van der Waals surface area contributed by atoms with Gasteiger partial charge in [-0.3, -0.25) is 9.69 Å². The van der Waals surface area contributed by atoms with Gasteiger partial charge in [0.25, 0.3) is 0 Å². The molecule has 4 rings (SSSR count). The quantitative estimate of drug-likeness (QED) is 0.224. The van der Waals surface area contributed by atoms with Crippen molar-refractivity contribution >= 4 is 18.0 Å². The first kappa shape index (κ1) is 27.6. The monoisotopic (exact) mass is 533 g/mol. The zero-order chi connectivity index (χ0) is 27.8. The van der Waals surface area contributed by atoms with E-state index >= 15 is 0 Å². The normalized spacial score (nSPS) is 14.7. The zero-order valence-corrected chi connectivity index (χ0v) is 22.2. The highest BCUT2D eigenvalue weighted by molar-refractivity contribution is 6.00. The number of benzene rings is 3. The van der Waals surface area contributed by atoms with E-state index in [4.69, 9.17) is 14.4 Å². The average Bonchev–Trinajstić information content (AvgIpc) is 3.47. The van der Waals surface area contributed by atoms with Crippen LogP contribution in [-0.4, -0.2) is 34.8 Å². The smallest absolute Gasteiger partial charge is 0.312 e. The Labute approximate surface area is 227 Å². The highest BCUT2D eigenvalue weighted by atomic mass is 19.1. The van der Waals surface area contributed by atoms with Crippen LogP contribution in [0.5, 0.6) is 5.75 Å². The number of carbonyl (C=O) groups is 1. The fraction of sp³-hybridized carbons (Fsp3) is 0.300. The molecule has 3 aromatic carbocycles. The van der Waals surface area contributed by atoms with Crippen LogP contribution in [0, 0.1) is 11.7 Å². The van der Waals surface area contributed by atoms with E-state index in [-0.39, 0.29) is 25.6 Å². The molecule has 39 heavy (non-hydrogen) atoms. The minimum Gasteiger partial charge on any atom is -0.481 e. The molecule has 1 aliphatic rings. The van der Waals surface area contributed by atoms with Crippen molar-refractivity contribution < 1.29 is 28.7 Å². The van der Waals surface area contributed by atoms with Gasteiger partial charge in [-0.05, 0) is 60.2 Å². The number of carboxylic acid groups (broad SMARTS) is 1. The number of rotatable bonds is 12. The van der Waals surface area contributed by atoms with Crippen LogP contribution in [0.2, 0.25) is 0 Å². The molecule has 8 nitrogen and oxygen atoms in total. The number of nitrogens with zero attached hydrogens (tertiary/aromatic N) is 3. The summed E-state index contributed by atoms with van der Waals surface area (Å²) in [5, 5.41) is 17.6. The van der Waals surface area contributed by atoms with Gasteiger partial charge in [-0.2, -0.15) is 0 Å². The van der Waals surface area contributed by atoms with Crippen molar-refractivity contribution in [1.29, 1.82) is 0 Å². The van der Waals surface area contributed by atoms with Crippen molar-refractivity contribution in [2.24, 2.45) is 16.2 Å². The van der Waals surface area contributed by atoms with Crippen LogP contribution in [0.25, 0.3) is 0 Å². The summed E-state index contributed by atoms with van der Waals surface area (Å²) >= 11 is 0. The molecule has 2 unspecified atom stereocenters. The summed E-state index contributed by atoms with van der Waals surface area (Å²) in [5.41, 5.74) is 4.07. The van der Waals surface area contributed by atoms with Crippen LogP contribution < -0.4 is 4.74 Å². The van der Waals surface area contributed by atoms with Gasteiger partial charge in [0.05, 0.1) is 5.71 Å². The van der Waals surface area contributed by atoms with E-state index in [9.17, 15) is 14.3 Å². The van der Waals surface area contributed by atoms with Gasteiger partial charge in [-0.1, -0.05) is 72.7 Å². The number of halogens is 1. The minimum absolute atomic E-state index is 0.115. The van der Waals surface area contributed by atoms with Crippen molar-refractivity contribution in [2.45, 2.75) is 45.9 Å². The Bertz CT molecular complexity index is 1290. The molecule has 0 amide bonds. The lowest BCUT2D eigenvalue weighted by atomic mass is 9.95. The summed E-state index contributed by atoms with van der Waals surface area (Å²) in [7, 11) is 0. The summed E-state index contributed by atoms with van der Waals surface area (Å²) in [5.74, 6) is -1.16. The maximum atomic E-state index is 13.1. The van der Waals surface area contributed by atoms with E-state index in [1.165, 1.54) is 17.7 Å².